The van der Waals surface area contributed by atoms with Crippen LogP contribution < -0.4 is 4.90 Å². The maximum absolute atomic E-state index is 13.6. The molecule has 0 aromatic heterocycles. The molecule has 1 aromatic carbocycles. The van der Waals surface area contributed by atoms with Gasteiger partial charge in [-0.05, 0) is 57.1 Å². The summed E-state index contributed by atoms with van der Waals surface area (Å²) in [7, 11) is 0. The number of amides is 1. The zero-order chi connectivity index (χ0) is 18.3. The summed E-state index contributed by atoms with van der Waals surface area (Å²) in [5, 5.41) is 9.71. The number of benzene rings is 1. The van der Waals surface area contributed by atoms with Gasteiger partial charge in [-0.1, -0.05) is 0 Å². The van der Waals surface area contributed by atoms with Crippen LogP contribution in [0, 0.1) is 17.0 Å². The molecule has 142 valence electrons. The van der Waals surface area contributed by atoms with E-state index in [-0.39, 0.29) is 18.1 Å². The lowest BCUT2D eigenvalue weighted by Gasteiger charge is -2.41. The van der Waals surface area contributed by atoms with Crippen LogP contribution in [0.3, 0.4) is 0 Å². The number of aliphatic hydroxyl groups excluding tert-OH is 1. The minimum Gasteiger partial charge on any atom is -0.393 e. The minimum atomic E-state index is -0.584. The Bertz CT molecular complexity index is 670. The van der Waals surface area contributed by atoms with Crippen LogP contribution in [0.15, 0.2) is 18.2 Å². The zero-order valence-corrected chi connectivity index (χ0v) is 15.0. The summed E-state index contributed by atoms with van der Waals surface area (Å²) in [4.78, 5) is 17.2. The van der Waals surface area contributed by atoms with Gasteiger partial charge in [-0.25, -0.2) is 8.78 Å². The average Bonchev–Trinajstić information content (AvgIpc) is 2.91. The quantitative estimate of drug-likeness (QED) is 0.877. The minimum absolute atomic E-state index is 0.195. The van der Waals surface area contributed by atoms with Gasteiger partial charge in [-0.3, -0.25) is 4.79 Å². The number of likely N-dealkylation sites (tertiary alicyclic amines) is 1. The molecule has 4 rings (SSSR count). The second-order valence-electron chi connectivity index (χ2n) is 8.14. The third-order valence-electron chi connectivity index (χ3n) is 6.44. The molecule has 1 amide bonds. The number of carbonyl (C=O) groups excluding carboxylic acids is 1. The van der Waals surface area contributed by atoms with E-state index < -0.39 is 17.0 Å². The molecule has 1 saturated carbocycles. The second kappa shape index (κ2) is 6.80. The van der Waals surface area contributed by atoms with Gasteiger partial charge in [0.05, 0.1) is 11.5 Å². The Balaban J connectivity index is 1.50. The molecule has 2 saturated heterocycles. The first-order valence-electron chi connectivity index (χ1n) is 9.67. The number of halogens is 2. The number of carbonyl (C=O) groups is 1. The van der Waals surface area contributed by atoms with Gasteiger partial charge in [0.1, 0.15) is 11.6 Å². The number of nitrogens with zero attached hydrogens (tertiary/aromatic N) is 2. The second-order valence-corrected chi connectivity index (χ2v) is 8.14. The van der Waals surface area contributed by atoms with E-state index in [0.29, 0.717) is 18.8 Å². The Morgan fingerprint density at radius 1 is 1.00 bits per heavy atom. The van der Waals surface area contributed by atoms with E-state index in [1.54, 1.807) is 0 Å². The molecule has 1 spiro atoms. The molecule has 3 fully saturated rings. The molecule has 3 aliphatic rings. The van der Waals surface area contributed by atoms with Crippen molar-refractivity contribution in [3.8, 4) is 0 Å². The number of anilines is 1. The van der Waals surface area contributed by atoms with Crippen molar-refractivity contribution in [2.24, 2.45) is 5.41 Å². The summed E-state index contributed by atoms with van der Waals surface area (Å²) in [6, 6.07) is 3.81. The molecule has 6 heteroatoms. The van der Waals surface area contributed by atoms with Crippen molar-refractivity contribution < 1.29 is 18.7 Å². The van der Waals surface area contributed by atoms with Crippen molar-refractivity contribution in [1.82, 2.24) is 4.90 Å². The summed E-state index contributed by atoms with van der Waals surface area (Å²) in [5.74, 6) is -0.972. The molecule has 4 nitrogen and oxygen atoms in total. The molecular weight excluding hydrogens is 338 g/mol. The third kappa shape index (κ3) is 3.20. The van der Waals surface area contributed by atoms with Crippen LogP contribution in [0.1, 0.15) is 44.9 Å². The van der Waals surface area contributed by atoms with Crippen LogP contribution in [0.4, 0.5) is 14.5 Å². The Labute approximate surface area is 152 Å². The van der Waals surface area contributed by atoms with Gasteiger partial charge in [0.15, 0.2) is 0 Å². The van der Waals surface area contributed by atoms with Gasteiger partial charge in [0.2, 0.25) is 5.91 Å². The van der Waals surface area contributed by atoms with E-state index in [2.05, 4.69) is 0 Å². The van der Waals surface area contributed by atoms with Crippen molar-refractivity contribution >= 4 is 11.6 Å². The molecule has 1 aromatic rings. The van der Waals surface area contributed by atoms with E-state index in [1.165, 1.54) is 12.1 Å². The number of hydrogen-bond donors (Lipinski definition) is 1. The van der Waals surface area contributed by atoms with Crippen LogP contribution in [0.5, 0.6) is 0 Å². The van der Waals surface area contributed by atoms with Crippen molar-refractivity contribution in [3.05, 3.63) is 29.8 Å². The molecule has 1 N–H and O–H groups in total. The van der Waals surface area contributed by atoms with Gasteiger partial charge in [0, 0.05) is 37.4 Å². The number of rotatable bonds is 2. The lowest BCUT2D eigenvalue weighted by Crippen LogP contribution is -2.50. The predicted octanol–water partition coefficient (Wildman–Crippen LogP) is 3.09. The SMILES string of the molecule is O=C1N(C2CCC(O)CC2)CC[C@@]12CCCN(c1cc(F)cc(F)c1)C2. The zero-order valence-electron chi connectivity index (χ0n) is 15.0. The molecule has 2 heterocycles. The van der Waals surface area contributed by atoms with Crippen LogP contribution in [-0.2, 0) is 4.79 Å². The van der Waals surface area contributed by atoms with E-state index in [4.69, 9.17) is 0 Å². The molecular formula is C20H26F2N2O2. The topological polar surface area (TPSA) is 43.8 Å². The predicted molar refractivity (Wildman–Crippen MR) is 94.8 cm³/mol. The summed E-state index contributed by atoms with van der Waals surface area (Å²) >= 11 is 0. The lowest BCUT2D eigenvalue weighted by atomic mass is 9.78. The van der Waals surface area contributed by atoms with E-state index >= 15 is 0 Å². The van der Waals surface area contributed by atoms with Crippen LogP contribution in [0.25, 0.3) is 0 Å². The van der Waals surface area contributed by atoms with Gasteiger partial charge in [0.25, 0.3) is 0 Å². The Hall–Kier alpha value is -1.69. The maximum atomic E-state index is 13.6. The van der Waals surface area contributed by atoms with Crippen molar-refractivity contribution in [3.63, 3.8) is 0 Å². The molecule has 1 atom stereocenters. The highest BCUT2D eigenvalue weighted by Gasteiger charge is 2.50. The van der Waals surface area contributed by atoms with Crippen LogP contribution in [-0.4, -0.2) is 47.7 Å². The van der Waals surface area contributed by atoms with Crippen LogP contribution >= 0.6 is 0 Å². The fourth-order valence-corrected chi connectivity index (χ4v) is 5.02. The van der Waals surface area contributed by atoms with E-state index in [0.717, 1.165) is 57.6 Å². The van der Waals surface area contributed by atoms with Crippen molar-refractivity contribution in [2.75, 3.05) is 24.5 Å². The lowest BCUT2D eigenvalue weighted by molar-refractivity contribution is -0.139. The van der Waals surface area contributed by atoms with Gasteiger partial charge >= 0.3 is 0 Å². The van der Waals surface area contributed by atoms with Gasteiger partial charge < -0.3 is 14.9 Å². The number of piperidine rings is 1. The molecule has 26 heavy (non-hydrogen) atoms. The third-order valence-corrected chi connectivity index (χ3v) is 6.44. The molecule has 2 aliphatic heterocycles. The summed E-state index contributed by atoms with van der Waals surface area (Å²) in [5.41, 5.74) is 0.0884. The molecule has 0 bridgehead atoms. The summed E-state index contributed by atoms with van der Waals surface area (Å²) in [6.45, 7) is 2.00. The van der Waals surface area contributed by atoms with Gasteiger partial charge in [-0.15, -0.1) is 0 Å². The first kappa shape index (κ1) is 17.7. The standard InChI is InChI=1S/C20H26F2N2O2/c21-14-10-15(22)12-17(11-14)23-8-1-6-20(13-23)7-9-24(19(20)26)16-2-4-18(25)5-3-16/h10-12,16,18,25H,1-9,13H2/t16?,18?,20-/m1/s1. The monoisotopic (exact) mass is 364 g/mol. The Kier molecular flexibility index (Phi) is 4.63. The van der Waals surface area contributed by atoms with Crippen molar-refractivity contribution in [2.45, 2.75) is 57.1 Å². The van der Waals surface area contributed by atoms with Crippen LogP contribution in [0.2, 0.25) is 0 Å². The largest absolute Gasteiger partial charge is 0.393 e. The van der Waals surface area contributed by atoms with Crippen molar-refractivity contribution in [1.29, 1.82) is 0 Å². The first-order valence-corrected chi connectivity index (χ1v) is 9.67. The maximum Gasteiger partial charge on any atom is 0.230 e. The number of hydrogen-bond acceptors (Lipinski definition) is 3. The highest BCUT2D eigenvalue weighted by atomic mass is 19.1. The van der Waals surface area contributed by atoms with E-state index in [9.17, 15) is 18.7 Å². The normalized spacial score (nSPS) is 32.5. The smallest absolute Gasteiger partial charge is 0.230 e. The summed E-state index contributed by atoms with van der Waals surface area (Å²) in [6.07, 6.45) is 5.51. The molecule has 0 unspecified atom stereocenters. The summed E-state index contributed by atoms with van der Waals surface area (Å²) < 4.78 is 27.2. The Morgan fingerprint density at radius 2 is 1.69 bits per heavy atom. The Morgan fingerprint density at radius 3 is 2.38 bits per heavy atom. The molecule has 1 aliphatic carbocycles. The molecule has 0 radical (unpaired) electrons. The highest BCUT2D eigenvalue weighted by molar-refractivity contribution is 5.86. The van der Waals surface area contributed by atoms with Gasteiger partial charge in [-0.2, -0.15) is 0 Å². The fourth-order valence-electron chi connectivity index (χ4n) is 5.02. The van der Waals surface area contributed by atoms with E-state index in [1.807, 2.05) is 9.80 Å². The highest BCUT2D eigenvalue weighted by Crippen LogP contribution is 2.43. The number of aliphatic hydroxyl groups is 1. The first-order chi connectivity index (χ1) is 12.5. The fraction of sp³-hybridized carbons (Fsp3) is 0.650. The average molecular weight is 364 g/mol.